The highest BCUT2D eigenvalue weighted by molar-refractivity contribution is 6.13. The zero-order chi connectivity index (χ0) is 43.3. The molecule has 0 aliphatic heterocycles. The van der Waals surface area contributed by atoms with E-state index in [1.54, 1.807) is 0 Å². The highest BCUT2D eigenvalue weighted by Gasteiger charge is 2.49. The van der Waals surface area contributed by atoms with E-state index < -0.39 is 5.41 Å². The Morgan fingerprint density at radius 1 is 0.273 bits per heavy atom. The second kappa shape index (κ2) is 14.2. The van der Waals surface area contributed by atoms with Crippen LogP contribution in [0.3, 0.4) is 0 Å². The first-order chi connectivity index (χ1) is 32.8. The second-order valence-corrected chi connectivity index (χ2v) is 17.9. The van der Waals surface area contributed by atoms with Crippen molar-refractivity contribution < 1.29 is 0 Å². The Morgan fingerprint density at radius 2 is 0.773 bits per heavy atom. The number of fused-ring (bicyclic) bond motifs is 10. The molecule has 14 rings (SSSR count). The minimum absolute atomic E-state index is 0.682. The Kier molecular flexibility index (Phi) is 7.97. The normalized spacial score (nSPS) is 14.4. The molecule has 0 amide bonds. The lowest BCUT2D eigenvalue weighted by atomic mass is 9.55. The Hall–Kier alpha value is -8.52. The molecule has 1 nitrogen and oxygen atoms in total. The van der Waals surface area contributed by atoms with Crippen molar-refractivity contribution in [2.75, 3.05) is 4.90 Å². The first-order valence-electron chi connectivity index (χ1n) is 23.0. The van der Waals surface area contributed by atoms with Gasteiger partial charge in [-0.25, -0.2) is 0 Å². The number of anilines is 3. The third kappa shape index (κ3) is 5.17. The molecular formula is C65H41N. The van der Waals surface area contributed by atoms with E-state index in [1.165, 1.54) is 110 Å². The quantitative estimate of drug-likeness (QED) is 0.167. The van der Waals surface area contributed by atoms with Gasteiger partial charge in [0, 0.05) is 22.0 Å². The summed E-state index contributed by atoms with van der Waals surface area (Å²) in [6.07, 6.45) is 0. The molecule has 0 aromatic heterocycles. The van der Waals surface area contributed by atoms with Crippen LogP contribution in [0.1, 0.15) is 22.3 Å². The van der Waals surface area contributed by atoms with Crippen LogP contribution in [0.2, 0.25) is 0 Å². The average molecular weight is 836 g/mol. The zero-order valence-electron chi connectivity index (χ0n) is 36.1. The Labute approximate surface area is 384 Å². The van der Waals surface area contributed by atoms with Gasteiger partial charge in [0.15, 0.2) is 0 Å². The molecule has 1 unspecified atom stereocenters. The summed E-state index contributed by atoms with van der Waals surface area (Å²) in [5.41, 5.74) is 17.8. The molecule has 0 N–H and O–H groups in total. The van der Waals surface area contributed by atoms with Crippen molar-refractivity contribution in [2.24, 2.45) is 0 Å². The van der Waals surface area contributed by atoms with Crippen molar-refractivity contribution in [3.8, 4) is 44.5 Å². The van der Waals surface area contributed by atoms with Crippen molar-refractivity contribution in [3.63, 3.8) is 0 Å². The third-order valence-corrected chi connectivity index (χ3v) is 14.6. The van der Waals surface area contributed by atoms with Crippen LogP contribution >= 0.6 is 0 Å². The summed E-state index contributed by atoms with van der Waals surface area (Å²) in [6.45, 7) is 0. The summed E-state index contributed by atoms with van der Waals surface area (Å²) >= 11 is 0. The molecule has 12 aromatic carbocycles. The maximum atomic E-state index is 2.57. The molecule has 0 fully saturated rings. The molecule has 1 heteroatoms. The van der Waals surface area contributed by atoms with Crippen molar-refractivity contribution in [1.82, 2.24) is 0 Å². The molecule has 2 aliphatic rings. The molecule has 0 saturated carbocycles. The molecule has 0 bridgehead atoms. The first-order valence-corrected chi connectivity index (χ1v) is 23.0. The standard InChI is InChI=1S/C65H41N/c1-3-16-42(17-4-1)48-35-38-53-55-29-11-23-46-25-13-31-57(62(46)55)65(59(53)40-48)58-32-14-26-47-24-12-30-56(63(47)58)54-39-36-49(41-60(54)65)66(61-33-15-22-43-20-7-9-27-50(43)61)64-51-28-10-8-21-45(51)34-37-52(64)44-18-5-2-6-19-44/h1-41H. The molecule has 0 radical (unpaired) electrons. The summed E-state index contributed by atoms with van der Waals surface area (Å²) < 4.78 is 0. The molecular weight excluding hydrogens is 795 g/mol. The minimum Gasteiger partial charge on any atom is -0.309 e. The van der Waals surface area contributed by atoms with Crippen LogP contribution in [0.4, 0.5) is 17.1 Å². The van der Waals surface area contributed by atoms with Gasteiger partial charge in [-0.1, -0.05) is 224 Å². The van der Waals surface area contributed by atoms with E-state index >= 15 is 0 Å². The monoisotopic (exact) mass is 835 g/mol. The zero-order valence-corrected chi connectivity index (χ0v) is 36.1. The molecule has 66 heavy (non-hydrogen) atoms. The van der Waals surface area contributed by atoms with E-state index in [2.05, 4.69) is 254 Å². The summed E-state index contributed by atoms with van der Waals surface area (Å²) in [4.78, 5) is 2.57. The van der Waals surface area contributed by atoms with Crippen LogP contribution < -0.4 is 4.90 Å². The second-order valence-electron chi connectivity index (χ2n) is 17.9. The summed E-state index contributed by atoms with van der Waals surface area (Å²) in [5, 5.41) is 9.95. The summed E-state index contributed by atoms with van der Waals surface area (Å²) in [6, 6.07) is 93.2. The van der Waals surface area contributed by atoms with Crippen LogP contribution in [0, 0.1) is 0 Å². The highest BCUT2D eigenvalue weighted by Crippen LogP contribution is 2.62. The van der Waals surface area contributed by atoms with E-state index in [0.717, 1.165) is 17.1 Å². The molecule has 12 aromatic rings. The molecule has 306 valence electrons. The van der Waals surface area contributed by atoms with Gasteiger partial charge in [-0.3, -0.25) is 0 Å². The molecule has 1 spiro atoms. The van der Waals surface area contributed by atoms with Crippen molar-refractivity contribution in [3.05, 3.63) is 271 Å². The molecule has 0 heterocycles. The van der Waals surface area contributed by atoms with Crippen LogP contribution in [-0.4, -0.2) is 0 Å². The van der Waals surface area contributed by atoms with Gasteiger partial charge in [0.2, 0.25) is 0 Å². The summed E-state index contributed by atoms with van der Waals surface area (Å²) in [5.74, 6) is 0. The average Bonchev–Trinajstić information content (AvgIpc) is 3.39. The van der Waals surface area contributed by atoms with Gasteiger partial charge in [0.05, 0.1) is 16.8 Å². The fraction of sp³-hybridized carbons (Fsp3) is 0.0154. The van der Waals surface area contributed by atoms with Gasteiger partial charge in [-0.2, -0.15) is 0 Å². The van der Waals surface area contributed by atoms with Crippen LogP contribution in [0.15, 0.2) is 249 Å². The smallest absolute Gasteiger partial charge is 0.0726 e. The Balaban J connectivity index is 1.17. The van der Waals surface area contributed by atoms with Crippen molar-refractivity contribution in [1.29, 1.82) is 0 Å². The van der Waals surface area contributed by atoms with Crippen LogP contribution in [0.5, 0.6) is 0 Å². The Morgan fingerprint density at radius 3 is 1.45 bits per heavy atom. The predicted molar refractivity (Wildman–Crippen MR) is 278 cm³/mol. The highest BCUT2D eigenvalue weighted by atomic mass is 15.1. The fourth-order valence-electron chi connectivity index (χ4n) is 11.9. The number of hydrogen-bond donors (Lipinski definition) is 0. The molecule has 2 aliphatic carbocycles. The van der Waals surface area contributed by atoms with Gasteiger partial charge in [-0.15, -0.1) is 0 Å². The van der Waals surface area contributed by atoms with Gasteiger partial charge >= 0.3 is 0 Å². The lowest BCUT2D eigenvalue weighted by molar-refractivity contribution is 0.755. The topological polar surface area (TPSA) is 3.24 Å². The van der Waals surface area contributed by atoms with Gasteiger partial charge in [0.1, 0.15) is 0 Å². The third-order valence-electron chi connectivity index (χ3n) is 14.6. The van der Waals surface area contributed by atoms with E-state index in [-0.39, 0.29) is 0 Å². The number of benzene rings is 12. The maximum Gasteiger partial charge on any atom is 0.0726 e. The number of hydrogen-bond acceptors (Lipinski definition) is 1. The molecule has 1 atom stereocenters. The van der Waals surface area contributed by atoms with Crippen LogP contribution in [-0.2, 0) is 5.41 Å². The lowest BCUT2D eigenvalue weighted by Crippen LogP contribution is -2.36. The van der Waals surface area contributed by atoms with E-state index in [1.807, 2.05) is 0 Å². The molecule has 0 saturated heterocycles. The predicted octanol–water partition coefficient (Wildman–Crippen LogP) is 17.4. The van der Waals surface area contributed by atoms with Crippen molar-refractivity contribution >= 4 is 60.2 Å². The largest absolute Gasteiger partial charge is 0.309 e. The number of rotatable bonds is 5. The van der Waals surface area contributed by atoms with E-state index in [9.17, 15) is 0 Å². The first kappa shape index (κ1) is 36.9. The van der Waals surface area contributed by atoms with Crippen LogP contribution in [0.25, 0.3) is 87.6 Å². The Bertz CT molecular complexity index is 3910. The fourth-order valence-corrected chi connectivity index (χ4v) is 11.9. The SMILES string of the molecule is c1ccc(-c2ccc3c(c2)C2(c4cc(N(c5cccc6ccccc56)c5c(-c6ccccc6)ccc6ccccc56)ccc4-c4cccc5cccc2c45)c2cccc4cccc-3c24)cc1. The minimum atomic E-state index is -0.682. The summed E-state index contributed by atoms with van der Waals surface area (Å²) in [7, 11) is 0. The van der Waals surface area contributed by atoms with E-state index in [4.69, 9.17) is 0 Å². The maximum absolute atomic E-state index is 2.57. The van der Waals surface area contributed by atoms with Crippen molar-refractivity contribution in [2.45, 2.75) is 5.41 Å². The number of nitrogens with zero attached hydrogens (tertiary/aromatic N) is 1. The van der Waals surface area contributed by atoms with Gasteiger partial charge in [-0.05, 0) is 118 Å². The van der Waals surface area contributed by atoms with Gasteiger partial charge < -0.3 is 4.90 Å². The van der Waals surface area contributed by atoms with E-state index in [0.29, 0.717) is 0 Å². The lowest BCUT2D eigenvalue weighted by Gasteiger charge is -2.46. The van der Waals surface area contributed by atoms with Gasteiger partial charge in [0.25, 0.3) is 0 Å².